The summed E-state index contributed by atoms with van der Waals surface area (Å²) in [5.74, 6) is 0.683. The van der Waals surface area contributed by atoms with Crippen LogP contribution in [-0.4, -0.2) is 16.1 Å². The van der Waals surface area contributed by atoms with Gasteiger partial charge in [0.25, 0.3) is 5.69 Å². The van der Waals surface area contributed by atoms with Crippen LogP contribution in [0.25, 0.3) is 11.3 Å². The van der Waals surface area contributed by atoms with E-state index in [4.69, 9.17) is 4.74 Å². The molecule has 0 saturated heterocycles. The van der Waals surface area contributed by atoms with Crippen molar-refractivity contribution in [1.29, 1.82) is 0 Å². The summed E-state index contributed by atoms with van der Waals surface area (Å²) in [6.07, 6.45) is 1.70. The fraction of sp³-hybridized carbons (Fsp3) is 0.0435. The van der Waals surface area contributed by atoms with Gasteiger partial charge in [0.1, 0.15) is 12.4 Å². The van der Waals surface area contributed by atoms with Crippen molar-refractivity contribution in [1.82, 2.24) is 4.98 Å². The van der Waals surface area contributed by atoms with E-state index in [-0.39, 0.29) is 5.69 Å². The molecule has 31 heavy (non-hydrogen) atoms. The van der Waals surface area contributed by atoms with Gasteiger partial charge in [-0.25, -0.2) is 4.98 Å². The van der Waals surface area contributed by atoms with Gasteiger partial charge in [0.2, 0.25) is 5.13 Å². The Balaban J connectivity index is 1.33. The van der Waals surface area contributed by atoms with E-state index in [0.29, 0.717) is 17.5 Å². The lowest BCUT2D eigenvalue weighted by Gasteiger charge is -2.07. The lowest BCUT2D eigenvalue weighted by atomic mass is 10.2. The molecule has 0 atom stereocenters. The van der Waals surface area contributed by atoms with E-state index >= 15 is 0 Å². The highest BCUT2D eigenvalue weighted by Gasteiger charge is 2.05. The SMILES string of the molecule is O=[N+]([O-])c1ccc(COc2cccc(C=NNc3nc(-c4ccccc4)cs3)c2)cc1. The van der Waals surface area contributed by atoms with Crippen molar-refractivity contribution in [3.63, 3.8) is 0 Å². The van der Waals surface area contributed by atoms with Gasteiger partial charge in [0.05, 0.1) is 16.8 Å². The lowest BCUT2D eigenvalue weighted by molar-refractivity contribution is -0.384. The molecule has 0 saturated carbocycles. The number of rotatable bonds is 8. The number of anilines is 1. The molecule has 0 aliphatic rings. The molecule has 4 aromatic rings. The second-order valence-corrected chi connectivity index (χ2v) is 7.42. The van der Waals surface area contributed by atoms with Crippen LogP contribution in [0.4, 0.5) is 10.8 Å². The number of nitrogens with one attached hydrogen (secondary N) is 1. The number of hydrogen-bond donors (Lipinski definition) is 1. The molecule has 0 spiro atoms. The number of hydrogen-bond acceptors (Lipinski definition) is 7. The smallest absolute Gasteiger partial charge is 0.269 e. The molecule has 3 aromatic carbocycles. The Morgan fingerprint density at radius 3 is 2.65 bits per heavy atom. The summed E-state index contributed by atoms with van der Waals surface area (Å²) in [5, 5.41) is 17.7. The van der Waals surface area contributed by atoms with E-state index in [1.807, 2.05) is 60.0 Å². The van der Waals surface area contributed by atoms with Crippen LogP contribution in [0.3, 0.4) is 0 Å². The normalized spacial score (nSPS) is 10.8. The zero-order valence-corrected chi connectivity index (χ0v) is 17.2. The van der Waals surface area contributed by atoms with Gasteiger partial charge in [-0.05, 0) is 35.4 Å². The van der Waals surface area contributed by atoms with Gasteiger partial charge in [0, 0.05) is 23.1 Å². The second-order valence-electron chi connectivity index (χ2n) is 6.56. The van der Waals surface area contributed by atoms with Crippen LogP contribution < -0.4 is 10.2 Å². The average molecular weight is 430 g/mol. The molecule has 0 aliphatic heterocycles. The van der Waals surface area contributed by atoms with Crippen LogP contribution in [0, 0.1) is 10.1 Å². The second kappa shape index (κ2) is 9.64. The molecule has 0 radical (unpaired) electrons. The highest BCUT2D eigenvalue weighted by atomic mass is 32.1. The summed E-state index contributed by atoms with van der Waals surface area (Å²) in [7, 11) is 0. The summed E-state index contributed by atoms with van der Waals surface area (Å²) in [6.45, 7) is 0.318. The molecule has 0 aliphatic carbocycles. The molecule has 0 amide bonds. The van der Waals surface area contributed by atoms with E-state index in [0.717, 1.165) is 22.4 Å². The third-order valence-electron chi connectivity index (χ3n) is 4.36. The number of benzene rings is 3. The molecule has 0 unspecified atom stereocenters. The predicted octanol–water partition coefficient (Wildman–Crippen LogP) is 5.74. The van der Waals surface area contributed by atoms with Crippen LogP contribution >= 0.6 is 11.3 Å². The van der Waals surface area contributed by atoms with Crippen molar-refractivity contribution in [3.8, 4) is 17.0 Å². The van der Waals surface area contributed by atoms with Crippen LogP contribution in [0.15, 0.2) is 89.3 Å². The molecule has 1 N–H and O–H groups in total. The highest BCUT2D eigenvalue weighted by molar-refractivity contribution is 7.14. The fourth-order valence-corrected chi connectivity index (χ4v) is 3.46. The number of aromatic nitrogens is 1. The topological polar surface area (TPSA) is 89.7 Å². The Morgan fingerprint density at radius 1 is 1.06 bits per heavy atom. The summed E-state index contributed by atoms with van der Waals surface area (Å²) in [6, 6.07) is 23.8. The first kappa shape index (κ1) is 20.2. The van der Waals surface area contributed by atoms with E-state index in [9.17, 15) is 10.1 Å². The van der Waals surface area contributed by atoms with Gasteiger partial charge in [-0.1, -0.05) is 42.5 Å². The van der Waals surface area contributed by atoms with Crippen LogP contribution in [0.5, 0.6) is 5.75 Å². The molecular formula is C23H18N4O3S. The van der Waals surface area contributed by atoms with Crippen molar-refractivity contribution in [2.45, 2.75) is 6.61 Å². The lowest BCUT2D eigenvalue weighted by Crippen LogP contribution is -1.97. The number of non-ortho nitro benzene ring substituents is 1. The van der Waals surface area contributed by atoms with Gasteiger partial charge in [-0.3, -0.25) is 15.5 Å². The van der Waals surface area contributed by atoms with Gasteiger partial charge >= 0.3 is 0 Å². The van der Waals surface area contributed by atoms with Crippen molar-refractivity contribution >= 4 is 28.4 Å². The van der Waals surface area contributed by atoms with Gasteiger partial charge < -0.3 is 4.74 Å². The maximum Gasteiger partial charge on any atom is 0.269 e. The third-order valence-corrected chi connectivity index (χ3v) is 5.11. The highest BCUT2D eigenvalue weighted by Crippen LogP contribution is 2.24. The number of nitro benzene ring substituents is 1. The van der Waals surface area contributed by atoms with Gasteiger partial charge in [-0.2, -0.15) is 5.10 Å². The Bertz CT molecular complexity index is 1190. The molecule has 1 heterocycles. The largest absolute Gasteiger partial charge is 0.489 e. The number of hydrazone groups is 1. The fourth-order valence-electron chi connectivity index (χ4n) is 2.79. The van der Waals surface area contributed by atoms with E-state index in [2.05, 4.69) is 15.5 Å². The summed E-state index contributed by atoms with van der Waals surface area (Å²) in [5.41, 5.74) is 6.71. The first-order chi connectivity index (χ1) is 15.2. The van der Waals surface area contributed by atoms with Gasteiger partial charge in [0.15, 0.2) is 0 Å². The first-order valence-electron chi connectivity index (χ1n) is 9.43. The molecular weight excluding hydrogens is 412 g/mol. The molecule has 154 valence electrons. The van der Waals surface area contributed by atoms with Crippen molar-refractivity contribution in [2.75, 3.05) is 5.43 Å². The summed E-state index contributed by atoms with van der Waals surface area (Å²) >= 11 is 1.49. The number of nitrogens with zero attached hydrogens (tertiary/aromatic N) is 3. The Labute approximate surface area is 182 Å². The van der Waals surface area contributed by atoms with Crippen molar-refractivity contribution in [2.24, 2.45) is 5.10 Å². The Hall–Kier alpha value is -4.04. The Morgan fingerprint density at radius 2 is 1.87 bits per heavy atom. The monoisotopic (exact) mass is 430 g/mol. The van der Waals surface area contributed by atoms with E-state index in [1.165, 1.54) is 23.5 Å². The number of thiazole rings is 1. The number of ether oxygens (including phenoxy) is 1. The quantitative estimate of drug-likeness (QED) is 0.219. The Kier molecular flexibility index (Phi) is 6.29. The number of nitro groups is 1. The summed E-state index contributed by atoms with van der Waals surface area (Å²) in [4.78, 5) is 14.8. The first-order valence-corrected chi connectivity index (χ1v) is 10.3. The van der Waals surface area contributed by atoms with Crippen molar-refractivity contribution < 1.29 is 9.66 Å². The molecule has 1 aromatic heterocycles. The molecule has 0 fully saturated rings. The standard InChI is InChI=1S/C23H18N4O3S/c28-27(29)20-11-9-17(10-12-20)15-30-21-8-4-5-18(13-21)14-24-26-23-25-22(16-31-23)19-6-2-1-3-7-19/h1-14,16H,15H2,(H,25,26). The van der Waals surface area contributed by atoms with E-state index < -0.39 is 4.92 Å². The van der Waals surface area contributed by atoms with E-state index in [1.54, 1.807) is 18.3 Å². The molecule has 4 rings (SSSR count). The molecule has 0 bridgehead atoms. The van der Waals surface area contributed by atoms with Crippen molar-refractivity contribution in [3.05, 3.63) is 105 Å². The van der Waals surface area contributed by atoms with Crippen LogP contribution in [0.1, 0.15) is 11.1 Å². The minimum atomic E-state index is -0.421. The predicted molar refractivity (Wildman–Crippen MR) is 123 cm³/mol. The third kappa shape index (κ3) is 5.52. The zero-order valence-electron chi connectivity index (χ0n) is 16.3. The summed E-state index contributed by atoms with van der Waals surface area (Å²) < 4.78 is 5.79. The molecule has 8 heteroatoms. The zero-order chi connectivity index (χ0) is 21.5. The minimum Gasteiger partial charge on any atom is -0.489 e. The van der Waals surface area contributed by atoms with Crippen LogP contribution in [-0.2, 0) is 6.61 Å². The maximum absolute atomic E-state index is 10.7. The van der Waals surface area contributed by atoms with Gasteiger partial charge in [-0.15, -0.1) is 11.3 Å². The average Bonchev–Trinajstić information content (AvgIpc) is 3.28. The maximum atomic E-state index is 10.7. The molecule has 7 nitrogen and oxygen atoms in total. The minimum absolute atomic E-state index is 0.0607. The van der Waals surface area contributed by atoms with Crippen LogP contribution in [0.2, 0.25) is 0 Å².